The molecule has 0 saturated carbocycles. The molecule has 0 aliphatic rings. The molecule has 1 aromatic heterocycles. The first-order valence-electron chi connectivity index (χ1n) is 6.23. The summed E-state index contributed by atoms with van der Waals surface area (Å²) in [6.07, 6.45) is -4.93. The lowest BCUT2D eigenvalue weighted by Crippen LogP contribution is -2.23. The Hall–Kier alpha value is -1.56. The van der Waals surface area contributed by atoms with Crippen LogP contribution >= 0.6 is 0 Å². The molecule has 6 heteroatoms. The number of nitrogens with one attached hydrogen (secondary N) is 1. The number of aromatic nitrogens is 2. The van der Waals surface area contributed by atoms with Gasteiger partial charge in [-0.25, -0.2) is 4.98 Å². The Morgan fingerprint density at radius 1 is 1.26 bits per heavy atom. The highest BCUT2D eigenvalue weighted by Crippen LogP contribution is 2.19. The Morgan fingerprint density at radius 2 is 2.00 bits per heavy atom. The zero-order chi connectivity index (χ0) is 13.9. The highest BCUT2D eigenvalue weighted by molar-refractivity contribution is 5.75. The third-order valence-electron chi connectivity index (χ3n) is 2.92. The van der Waals surface area contributed by atoms with Gasteiger partial charge in [-0.2, -0.15) is 13.2 Å². The quantitative estimate of drug-likeness (QED) is 0.847. The lowest BCUT2D eigenvalue weighted by molar-refractivity contribution is -0.133. The monoisotopic (exact) mass is 271 g/mol. The third kappa shape index (κ3) is 3.47. The Balaban J connectivity index is 2.04. The van der Waals surface area contributed by atoms with E-state index in [2.05, 4.69) is 10.3 Å². The molecule has 0 atom stereocenters. The number of aryl methyl sites for hydroxylation is 1. The van der Waals surface area contributed by atoms with E-state index in [1.54, 1.807) is 0 Å². The standard InChI is InChI=1S/C13H16F3N3/c1-2-19-11-6-4-3-5-10(11)18-12(19)9-17-8-7-13(14,15)16/h3-6,17H,2,7-9H2,1H3. The summed E-state index contributed by atoms with van der Waals surface area (Å²) in [5.41, 5.74) is 1.88. The summed E-state index contributed by atoms with van der Waals surface area (Å²) >= 11 is 0. The van der Waals surface area contributed by atoms with Crippen LogP contribution in [0.25, 0.3) is 11.0 Å². The van der Waals surface area contributed by atoms with E-state index < -0.39 is 12.6 Å². The van der Waals surface area contributed by atoms with Crippen LogP contribution in [0.4, 0.5) is 13.2 Å². The molecule has 0 aliphatic carbocycles. The number of nitrogens with zero attached hydrogens (tertiary/aromatic N) is 2. The van der Waals surface area contributed by atoms with Gasteiger partial charge in [0.1, 0.15) is 5.82 Å². The van der Waals surface area contributed by atoms with Gasteiger partial charge in [0.25, 0.3) is 0 Å². The lowest BCUT2D eigenvalue weighted by atomic mass is 10.3. The second-order valence-corrected chi connectivity index (χ2v) is 4.30. The molecule has 2 rings (SSSR count). The highest BCUT2D eigenvalue weighted by atomic mass is 19.4. The first-order chi connectivity index (χ1) is 9.01. The van der Waals surface area contributed by atoms with Crippen molar-refractivity contribution in [2.75, 3.05) is 6.54 Å². The number of para-hydroxylation sites is 2. The van der Waals surface area contributed by atoms with Gasteiger partial charge in [-0.1, -0.05) is 12.1 Å². The fraction of sp³-hybridized carbons (Fsp3) is 0.462. The van der Waals surface area contributed by atoms with E-state index in [1.807, 2.05) is 35.8 Å². The average Bonchev–Trinajstić information content (AvgIpc) is 2.71. The van der Waals surface area contributed by atoms with Crippen molar-refractivity contribution in [3.63, 3.8) is 0 Å². The number of rotatable bonds is 5. The van der Waals surface area contributed by atoms with Gasteiger partial charge in [-0.3, -0.25) is 0 Å². The van der Waals surface area contributed by atoms with Crippen LogP contribution in [0.15, 0.2) is 24.3 Å². The highest BCUT2D eigenvalue weighted by Gasteiger charge is 2.26. The number of imidazole rings is 1. The van der Waals surface area contributed by atoms with Crippen LogP contribution in [0.3, 0.4) is 0 Å². The van der Waals surface area contributed by atoms with Crippen LogP contribution in [-0.2, 0) is 13.1 Å². The number of alkyl halides is 3. The van der Waals surface area contributed by atoms with Gasteiger partial charge in [-0.15, -0.1) is 0 Å². The maximum Gasteiger partial charge on any atom is 0.390 e. The Labute approximate surface area is 109 Å². The van der Waals surface area contributed by atoms with Crippen molar-refractivity contribution in [2.24, 2.45) is 0 Å². The van der Waals surface area contributed by atoms with Crippen molar-refractivity contribution in [1.82, 2.24) is 14.9 Å². The topological polar surface area (TPSA) is 29.9 Å². The molecule has 0 saturated heterocycles. The van der Waals surface area contributed by atoms with E-state index in [9.17, 15) is 13.2 Å². The first kappa shape index (κ1) is 13.9. The number of hydrogen-bond acceptors (Lipinski definition) is 2. The fourth-order valence-electron chi connectivity index (χ4n) is 2.04. The molecule has 0 amide bonds. The summed E-state index contributed by atoms with van der Waals surface area (Å²) in [4.78, 5) is 4.44. The predicted octanol–water partition coefficient (Wildman–Crippen LogP) is 3.10. The maximum absolute atomic E-state index is 12.0. The van der Waals surface area contributed by atoms with E-state index >= 15 is 0 Å². The van der Waals surface area contributed by atoms with Crippen LogP contribution in [0, 0.1) is 0 Å². The lowest BCUT2D eigenvalue weighted by Gasteiger charge is -2.09. The molecular weight excluding hydrogens is 255 g/mol. The molecule has 0 fully saturated rings. The van der Waals surface area contributed by atoms with E-state index in [0.717, 1.165) is 23.4 Å². The van der Waals surface area contributed by atoms with E-state index in [-0.39, 0.29) is 6.54 Å². The second kappa shape index (κ2) is 5.61. The normalized spacial score (nSPS) is 12.2. The van der Waals surface area contributed by atoms with Crippen molar-refractivity contribution >= 4 is 11.0 Å². The smallest absolute Gasteiger partial charge is 0.327 e. The summed E-state index contributed by atoms with van der Waals surface area (Å²) in [5, 5.41) is 2.79. The van der Waals surface area contributed by atoms with E-state index in [4.69, 9.17) is 0 Å². The van der Waals surface area contributed by atoms with Crippen LogP contribution in [-0.4, -0.2) is 22.3 Å². The molecule has 104 valence electrons. The fourth-order valence-corrected chi connectivity index (χ4v) is 2.04. The van der Waals surface area contributed by atoms with Crippen LogP contribution in [0.1, 0.15) is 19.2 Å². The molecule has 1 aromatic carbocycles. The zero-order valence-electron chi connectivity index (χ0n) is 10.7. The van der Waals surface area contributed by atoms with Crippen LogP contribution in [0.2, 0.25) is 0 Å². The minimum Gasteiger partial charge on any atom is -0.327 e. The summed E-state index contributed by atoms with van der Waals surface area (Å²) < 4.78 is 38.1. The van der Waals surface area contributed by atoms with Crippen molar-refractivity contribution in [1.29, 1.82) is 0 Å². The Kier molecular flexibility index (Phi) is 4.09. The minimum atomic E-state index is -4.11. The summed E-state index contributed by atoms with van der Waals surface area (Å²) in [7, 11) is 0. The molecule has 1 N–H and O–H groups in total. The molecule has 2 aromatic rings. The average molecular weight is 271 g/mol. The van der Waals surface area contributed by atoms with Crippen molar-refractivity contribution in [3.05, 3.63) is 30.1 Å². The van der Waals surface area contributed by atoms with Crippen LogP contribution < -0.4 is 5.32 Å². The maximum atomic E-state index is 12.0. The summed E-state index contributed by atoms with van der Waals surface area (Å²) in [6.45, 7) is 3.00. The number of fused-ring (bicyclic) bond motifs is 1. The first-order valence-corrected chi connectivity index (χ1v) is 6.23. The molecule has 0 radical (unpaired) electrons. The third-order valence-corrected chi connectivity index (χ3v) is 2.92. The van der Waals surface area contributed by atoms with E-state index in [0.29, 0.717) is 6.54 Å². The number of hydrogen-bond donors (Lipinski definition) is 1. The van der Waals surface area contributed by atoms with Gasteiger partial charge in [0.15, 0.2) is 0 Å². The van der Waals surface area contributed by atoms with Gasteiger partial charge in [0, 0.05) is 13.1 Å². The number of halogens is 3. The van der Waals surface area contributed by atoms with Gasteiger partial charge in [0.05, 0.1) is 24.0 Å². The van der Waals surface area contributed by atoms with Gasteiger partial charge in [0.2, 0.25) is 0 Å². The van der Waals surface area contributed by atoms with E-state index in [1.165, 1.54) is 0 Å². The minimum absolute atomic E-state index is 0.0869. The van der Waals surface area contributed by atoms with Gasteiger partial charge >= 0.3 is 6.18 Å². The predicted molar refractivity (Wildman–Crippen MR) is 67.8 cm³/mol. The zero-order valence-corrected chi connectivity index (χ0v) is 10.7. The Morgan fingerprint density at radius 3 is 2.68 bits per heavy atom. The van der Waals surface area contributed by atoms with Crippen molar-refractivity contribution < 1.29 is 13.2 Å². The SMILES string of the molecule is CCn1c(CNCCC(F)(F)F)nc2ccccc21. The Bertz CT molecular complexity index is 546. The van der Waals surface area contributed by atoms with Gasteiger partial charge in [-0.05, 0) is 19.1 Å². The molecular formula is C13H16F3N3. The largest absolute Gasteiger partial charge is 0.390 e. The molecule has 0 bridgehead atoms. The molecule has 1 heterocycles. The molecule has 0 unspecified atom stereocenters. The van der Waals surface area contributed by atoms with Crippen molar-refractivity contribution in [2.45, 2.75) is 32.6 Å². The van der Waals surface area contributed by atoms with Crippen LogP contribution in [0.5, 0.6) is 0 Å². The summed E-state index contributed by atoms with van der Waals surface area (Å²) in [5.74, 6) is 0.769. The summed E-state index contributed by atoms with van der Waals surface area (Å²) in [6, 6.07) is 7.69. The molecule has 3 nitrogen and oxygen atoms in total. The second-order valence-electron chi connectivity index (χ2n) is 4.30. The van der Waals surface area contributed by atoms with Crippen molar-refractivity contribution in [3.8, 4) is 0 Å². The molecule has 0 aliphatic heterocycles. The van der Waals surface area contributed by atoms with Gasteiger partial charge < -0.3 is 9.88 Å². The number of benzene rings is 1. The molecule has 19 heavy (non-hydrogen) atoms. The molecule has 0 spiro atoms.